The van der Waals surface area contributed by atoms with Crippen molar-refractivity contribution in [3.05, 3.63) is 24.3 Å². The van der Waals surface area contributed by atoms with Gasteiger partial charge in [-0.3, -0.25) is 4.79 Å². The summed E-state index contributed by atoms with van der Waals surface area (Å²) in [6, 6.07) is 8.27. The number of piperidine rings is 1. The fourth-order valence-electron chi connectivity index (χ4n) is 2.99. The molecule has 2 N–H and O–H groups in total. The Bertz CT molecular complexity index is 474. The zero-order valence-corrected chi connectivity index (χ0v) is 11.4. The van der Waals surface area contributed by atoms with Crippen LogP contribution in [0.1, 0.15) is 26.2 Å². The summed E-state index contributed by atoms with van der Waals surface area (Å²) in [5, 5.41) is 6.70. The van der Waals surface area contributed by atoms with Gasteiger partial charge in [0.25, 0.3) is 0 Å². The van der Waals surface area contributed by atoms with E-state index in [4.69, 9.17) is 0 Å². The Labute approximate surface area is 114 Å². The van der Waals surface area contributed by atoms with Crippen LogP contribution < -0.4 is 10.6 Å². The summed E-state index contributed by atoms with van der Waals surface area (Å²) >= 11 is 0. The quantitative estimate of drug-likeness (QED) is 0.813. The molecule has 1 fully saturated rings. The van der Waals surface area contributed by atoms with E-state index in [1.54, 1.807) is 0 Å². The van der Waals surface area contributed by atoms with Gasteiger partial charge < -0.3 is 15.5 Å². The average molecular weight is 259 g/mol. The summed E-state index contributed by atoms with van der Waals surface area (Å²) in [5.41, 5.74) is 2.11. The summed E-state index contributed by atoms with van der Waals surface area (Å²) in [6.07, 6.45) is 3.50. The van der Waals surface area contributed by atoms with Crippen molar-refractivity contribution in [1.82, 2.24) is 4.90 Å². The predicted molar refractivity (Wildman–Crippen MR) is 77.4 cm³/mol. The topological polar surface area (TPSA) is 44.4 Å². The molecule has 4 heteroatoms. The van der Waals surface area contributed by atoms with Crippen LogP contribution in [0.5, 0.6) is 0 Å². The lowest BCUT2D eigenvalue weighted by molar-refractivity contribution is -0.135. The number of amides is 1. The van der Waals surface area contributed by atoms with Crippen molar-refractivity contribution in [2.45, 2.75) is 38.3 Å². The van der Waals surface area contributed by atoms with Gasteiger partial charge in [0.2, 0.25) is 5.91 Å². The van der Waals surface area contributed by atoms with Crippen molar-refractivity contribution >= 4 is 17.3 Å². The monoisotopic (exact) mass is 259 g/mol. The Kier molecular flexibility index (Phi) is 3.32. The molecule has 2 heterocycles. The molecule has 102 valence electrons. The molecule has 4 nitrogen and oxygen atoms in total. The highest BCUT2D eigenvalue weighted by Crippen LogP contribution is 2.26. The first-order valence-corrected chi connectivity index (χ1v) is 7.15. The SMILES string of the molecule is CC1CCCCN1C(=O)C1CNc2ccccc2N1. The largest absolute Gasteiger partial charge is 0.381 e. The van der Waals surface area contributed by atoms with Crippen molar-refractivity contribution in [3.8, 4) is 0 Å². The molecule has 2 aliphatic rings. The fourth-order valence-corrected chi connectivity index (χ4v) is 2.99. The number of benzene rings is 1. The van der Waals surface area contributed by atoms with Crippen LogP contribution in [-0.4, -0.2) is 36.0 Å². The number of carbonyl (C=O) groups is 1. The molecule has 0 aromatic heterocycles. The molecule has 1 saturated heterocycles. The summed E-state index contributed by atoms with van der Waals surface area (Å²) in [4.78, 5) is 14.6. The third kappa shape index (κ3) is 2.39. The number of nitrogens with one attached hydrogen (secondary N) is 2. The highest BCUT2D eigenvalue weighted by atomic mass is 16.2. The van der Waals surface area contributed by atoms with Crippen LogP contribution in [0, 0.1) is 0 Å². The molecule has 0 radical (unpaired) electrons. The molecular formula is C15H21N3O. The molecule has 19 heavy (non-hydrogen) atoms. The number of nitrogens with zero attached hydrogens (tertiary/aromatic N) is 1. The number of para-hydroxylation sites is 2. The van der Waals surface area contributed by atoms with Crippen LogP contribution in [0.4, 0.5) is 11.4 Å². The Morgan fingerprint density at radius 3 is 2.84 bits per heavy atom. The Morgan fingerprint density at radius 2 is 2.05 bits per heavy atom. The van der Waals surface area contributed by atoms with Gasteiger partial charge >= 0.3 is 0 Å². The van der Waals surface area contributed by atoms with Crippen molar-refractivity contribution < 1.29 is 4.79 Å². The molecule has 1 aromatic rings. The van der Waals surface area contributed by atoms with Gasteiger partial charge in [-0.25, -0.2) is 0 Å². The second-order valence-corrected chi connectivity index (χ2v) is 5.50. The third-order valence-electron chi connectivity index (χ3n) is 4.14. The molecule has 0 bridgehead atoms. The molecular weight excluding hydrogens is 238 g/mol. The number of anilines is 2. The van der Waals surface area contributed by atoms with Gasteiger partial charge in [0.05, 0.1) is 11.4 Å². The molecule has 0 saturated carbocycles. The summed E-state index contributed by atoms with van der Waals surface area (Å²) < 4.78 is 0. The van der Waals surface area contributed by atoms with E-state index >= 15 is 0 Å². The van der Waals surface area contributed by atoms with E-state index < -0.39 is 0 Å². The van der Waals surface area contributed by atoms with Crippen molar-refractivity contribution in [1.29, 1.82) is 0 Å². The van der Waals surface area contributed by atoms with Crippen LogP contribution in [0.2, 0.25) is 0 Å². The van der Waals surface area contributed by atoms with E-state index in [1.807, 2.05) is 29.2 Å². The lowest BCUT2D eigenvalue weighted by Gasteiger charge is -2.37. The number of fused-ring (bicyclic) bond motifs is 1. The zero-order chi connectivity index (χ0) is 13.2. The zero-order valence-electron chi connectivity index (χ0n) is 11.4. The highest BCUT2D eigenvalue weighted by molar-refractivity contribution is 5.89. The maximum atomic E-state index is 12.6. The average Bonchev–Trinajstić information content (AvgIpc) is 2.46. The van der Waals surface area contributed by atoms with E-state index in [2.05, 4.69) is 17.6 Å². The van der Waals surface area contributed by atoms with E-state index in [0.29, 0.717) is 12.6 Å². The molecule has 0 spiro atoms. The number of hydrogen-bond donors (Lipinski definition) is 2. The van der Waals surface area contributed by atoms with Crippen molar-refractivity contribution in [3.63, 3.8) is 0 Å². The summed E-state index contributed by atoms with van der Waals surface area (Å²) in [5.74, 6) is 0.231. The van der Waals surface area contributed by atoms with Gasteiger partial charge in [0.1, 0.15) is 6.04 Å². The van der Waals surface area contributed by atoms with Crippen LogP contribution in [0.15, 0.2) is 24.3 Å². The maximum absolute atomic E-state index is 12.6. The van der Waals surface area contributed by atoms with Crippen LogP contribution in [-0.2, 0) is 4.79 Å². The Hall–Kier alpha value is -1.71. The smallest absolute Gasteiger partial charge is 0.247 e. The normalized spacial score (nSPS) is 26.1. The number of rotatable bonds is 1. The van der Waals surface area contributed by atoms with Gasteiger partial charge in [0, 0.05) is 19.1 Å². The van der Waals surface area contributed by atoms with Gasteiger partial charge in [0.15, 0.2) is 0 Å². The van der Waals surface area contributed by atoms with Gasteiger partial charge in [-0.15, -0.1) is 0 Å². The molecule has 3 rings (SSSR count). The third-order valence-corrected chi connectivity index (χ3v) is 4.14. The van der Waals surface area contributed by atoms with E-state index in [9.17, 15) is 4.79 Å². The minimum atomic E-state index is -0.143. The molecule has 1 aromatic carbocycles. The molecule has 1 amide bonds. The van der Waals surface area contributed by atoms with Gasteiger partial charge in [-0.2, -0.15) is 0 Å². The van der Waals surface area contributed by atoms with Crippen LogP contribution in [0.3, 0.4) is 0 Å². The summed E-state index contributed by atoms with van der Waals surface area (Å²) in [7, 11) is 0. The maximum Gasteiger partial charge on any atom is 0.247 e. The minimum Gasteiger partial charge on any atom is -0.381 e. The van der Waals surface area contributed by atoms with Gasteiger partial charge in [-0.05, 0) is 38.3 Å². The lowest BCUT2D eigenvalue weighted by Crippen LogP contribution is -2.52. The standard InChI is InChI=1S/C15H21N3O/c1-11-6-4-5-9-18(11)15(19)14-10-16-12-7-2-3-8-13(12)17-14/h2-3,7-8,11,14,16-17H,4-6,9-10H2,1H3. The van der Waals surface area contributed by atoms with E-state index in [-0.39, 0.29) is 11.9 Å². The summed E-state index contributed by atoms with van der Waals surface area (Å²) in [6.45, 7) is 3.72. The Balaban J connectivity index is 1.72. The molecule has 2 unspecified atom stereocenters. The lowest BCUT2D eigenvalue weighted by atomic mass is 10.0. The first-order valence-electron chi connectivity index (χ1n) is 7.15. The second kappa shape index (κ2) is 5.11. The number of likely N-dealkylation sites (tertiary alicyclic amines) is 1. The van der Waals surface area contributed by atoms with Crippen LogP contribution >= 0.6 is 0 Å². The van der Waals surface area contributed by atoms with Crippen molar-refractivity contribution in [2.24, 2.45) is 0 Å². The van der Waals surface area contributed by atoms with Gasteiger partial charge in [-0.1, -0.05) is 12.1 Å². The van der Waals surface area contributed by atoms with Crippen LogP contribution in [0.25, 0.3) is 0 Å². The fraction of sp³-hybridized carbons (Fsp3) is 0.533. The van der Waals surface area contributed by atoms with E-state index in [1.165, 1.54) is 6.42 Å². The first-order chi connectivity index (χ1) is 9.25. The molecule has 2 aliphatic heterocycles. The predicted octanol–water partition coefficient (Wildman–Crippen LogP) is 2.29. The minimum absolute atomic E-state index is 0.143. The number of hydrogen-bond acceptors (Lipinski definition) is 3. The Morgan fingerprint density at radius 1 is 1.26 bits per heavy atom. The van der Waals surface area contributed by atoms with E-state index in [0.717, 1.165) is 30.8 Å². The second-order valence-electron chi connectivity index (χ2n) is 5.50. The van der Waals surface area contributed by atoms with Crippen molar-refractivity contribution in [2.75, 3.05) is 23.7 Å². The first kappa shape index (κ1) is 12.3. The molecule has 0 aliphatic carbocycles. The molecule has 2 atom stereocenters. The highest BCUT2D eigenvalue weighted by Gasteiger charge is 2.31. The number of carbonyl (C=O) groups excluding carboxylic acids is 1.